The molecule has 5 amide bonds. The number of fused-ring (bicyclic) bond motifs is 1. The maximum Gasteiger partial charge on any atom is 0.317 e. The van der Waals surface area contributed by atoms with E-state index < -0.39 is 67.4 Å². The smallest absolute Gasteiger partial charge is 0.317 e. The van der Waals surface area contributed by atoms with Crippen LogP contribution >= 0.6 is 22.6 Å². The molecule has 0 spiro atoms. The number of nitrogens with zero attached hydrogens (tertiary/aromatic N) is 10. The number of carboxylic acid groups (broad SMARTS) is 3. The molecular weight excluding hydrogens is 1270 g/mol. The molecule has 29 heteroatoms. The van der Waals surface area contributed by atoms with Crippen molar-refractivity contribution in [3.8, 4) is 5.75 Å². The molecule has 3 fully saturated rings. The first-order valence-electron chi connectivity index (χ1n) is 30.2. The first kappa shape index (κ1) is 71.0. The highest BCUT2D eigenvalue weighted by molar-refractivity contribution is 14.1. The molecule has 2 aromatic carbocycles. The van der Waals surface area contributed by atoms with Gasteiger partial charge in [-0.25, -0.2) is 8.78 Å². The van der Waals surface area contributed by atoms with Crippen LogP contribution in [-0.2, 0) is 40.0 Å². The van der Waals surface area contributed by atoms with Gasteiger partial charge in [0, 0.05) is 146 Å². The lowest BCUT2D eigenvalue weighted by Crippen LogP contribution is -2.51. The Bertz CT molecular complexity index is 2860. The number of hydrogen-bond acceptors (Lipinski definition) is 18. The van der Waals surface area contributed by atoms with Gasteiger partial charge >= 0.3 is 17.9 Å². The summed E-state index contributed by atoms with van der Waals surface area (Å²) in [6, 6.07) is 14.0. The van der Waals surface area contributed by atoms with Crippen molar-refractivity contribution in [1.29, 1.82) is 0 Å². The van der Waals surface area contributed by atoms with Gasteiger partial charge in [-0.3, -0.25) is 78.3 Å². The zero-order chi connectivity index (χ0) is 64.1. The molecule has 26 nitrogen and oxygen atoms in total. The van der Waals surface area contributed by atoms with E-state index in [1.54, 1.807) is 39.1 Å². The van der Waals surface area contributed by atoms with Crippen LogP contribution in [-0.4, -0.2) is 277 Å². The number of carboxylic acids is 3. The number of hydrogen-bond donors (Lipinski definition) is 7. The summed E-state index contributed by atoms with van der Waals surface area (Å²) in [5.41, 5.74) is 4.99. The van der Waals surface area contributed by atoms with E-state index in [0.29, 0.717) is 101 Å². The quantitative estimate of drug-likeness (QED) is 0.0155. The fraction of sp³-hybridized carbons (Fsp3) is 0.583. The number of ether oxygens (including phenoxy) is 1. The molecular formula is C60H85F2IN14O12. The van der Waals surface area contributed by atoms with Gasteiger partial charge in [0.2, 0.25) is 23.6 Å². The summed E-state index contributed by atoms with van der Waals surface area (Å²) in [5.74, 6) is -7.34. The van der Waals surface area contributed by atoms with E-state index in [2.05, 4.69) is 76.1 Å². The van der Waals surface area contributed by atoms with E-state index >= 15 is 0 Å². The van der Waals surface area contributed by atoms with Gasteiger partial charge in [-0.1, -0.05) is 12.1 Å². The molecule has 3 aliphatic rings. The van der Waals surface area contributed by atoms with Crippen LogP contribution in [0.25, 0.3) is 10.9 Å². The van der Waals surface area contributed by atoms with Crippen molar-refractivity contribution in [1.82, 2.24) is 60.7 Å². The number of halogens is 3. The second kappa shape index (κ2) is 37.2. The van der Waals surface area contributed by atoms with Crippen molar-refractivity contribution in [3.63, 3.8) is 0 Å². The van der Waals surface area contributed by atoms with Crippen molar-refractivity contribution in [2.24, 2.45) is 10.1 Å². The average molecular weight is 1360 g/mol. The number of alkyl halides is 2. The summed E-state index contributed by atoms with van der Waals surface area (Å²) in [5, 5.41) is 42.3. The van der Waals surface area contributed by atoms with Crippen LogP contribution in [0.15, 0.2) is 64.8 Å². The minimum atomic E-state index is -3.05. The number of hydrazone groups is 1. The van der Waals surface area contributed by atoms with Crippen molar-refractivity contribution in [2.45, 2.75) is 82.3 Å². The molecule has 3 aliphatic heterocycles. The Labute approximate surface area is 530 Å². The van der Waals surface area contributed by atoms with Gasteiger partial charge in [-0.05, 0) is 109 Å². The monoisotopic (exact) mass is 1360 g/mol. The Morgan fingerprint density at radius 3 is 1.97 bits per heavy atom. The van der Waals surface area contributed by atoms with Gasteiger partial charge in [-0.2, -0.15) is 5.10 Å². The number of likely N-dealkylation sites (tertiary alicyclic amines) is 1. The van der Waals surface area contributed by atoms with Gasteiger partial charge < -0.3 is 45.8 Å². The maximum absolute atomic E-state index is 14.1. The molecule has 0 bridgehead atoms. The van der Waals surface area contributed by atoms with Crippen molar-refractivity contribution < 1.29 is 67.2 Å². The number of nitrogens with one attached hydrogen (secondary N) is 4. The zero-order valence-electron chi connectivity index (χ0n) is 50.5. The topological polar surface area (TPSA) is 315 Å². The summed E-state index contributed by atoms with van der Waals surface area (Å²) in [4.78, 5) is 121. The number of unbranched alkanes of at least 4 members (excludes halogenated alkanes) is 1. The predicted octanol–water partition coefficient (Wildman–Crippen LogP) is 2.00. The van der Waals surface area contributed by atoms with Gasteiger partial charge in [0.15, 0.2) is 0 Å². The van der Waals surface area contributed by atoms with Crippen molar-refractivity contribution in [2.75, 3.05) is 145 Å². The van der Waals surface area contributed by atoms with Crippen molar-refractivity contribution in [3.05, 3.63) is 69.4 Å². The fourth-order valence-corrected chi connectivity index (χ4v) is 11.1. The van der Waals surface area contributed by atoms with E-state index in [1.165, 1.54) is 31.1 Å². The lowest BCUT2D eigenvalue weighted by molar-refractivity contribution is -0.140. The molecule has 0 radical (unpaired) electrons. The Hall–Kier alpha value is -7.06. The summed E-state index contributed by atoms with van der Waals surface area (Å²) >= 11 is 2.26. The van der Waals surface area contributed by atoms with Crippen LogP contribution in [0.1, 0.15) is 73.7 Å². The summed E-state index contributed by atoms with van der Waals surface area (Å²) in [6.45, 7) is 3.74. The minimum absolute atomic E-state index is 0.0222. The lowest BCUT2D eigenvalue weighted by Gasteiger charge is -2.34. The molecule has 3 aromatic rings. The third-order valence-electron chi connectivity index (χ3n) is 15.5. The number of carbonyl (C=O) groups is 8. The molecule has 6 rings (SSSR count). The summed E-state index contributed by atoms with van der Waals surface area (Å²) < 4.78 is 35.5. The third kappa shape index (κ3) is 26.1. The molecule has 89 heavy (non-hydrogen) atoms. The highest BCUT2D eigenvalue weighted by Crippen LogP contribution is 2.31. The Morgan fingerprint density at radius 1 is 0.730 bits per heavy atom. The summed E-state index contributed by atoms with van der Waals surface area (Å²) in [7, 11) is 1.45. The number of carbonyl (C=O) groups excluding carboxylic acids is 5. The minimum Gasteiger partial charge on any atom is -0.494 e. The first-order chi connectivity index (χ1) is 42.7. The molecule has 2 atom stereocenters. The fourth-order valence-electron chi connectivity index (χ4n) is 10.7. The lowest BCUT2D eigenvalue weighted by atomic mass is 10.1. The predicted molar refractivity (Wildman–Crippen MR) is 337 cm³/mol. The standard InChI is InChI=1S/C60H85F2IN14O12/c1-64-37-46-36-60(61,62)43-77(46)55(81)38-67-59(88)48-17-20-65-50-16-15-47(35-49(48)50)89-34-6-21-71-30-32-76(33-31-71)54(80)10-5-19-68-70-51(8-2-3-18-66-52(78)9-4-7-44-11-13-45(63)14-12-44)69-53(79)39-72-22-24-73(40-56(82)83)26-28-75(42-58(86)87)29-27-74(25-23-72)41-57(84)85/h11-17,19-20,35,37,46,51,70H,2-10,18,21-34,36,38-43H2,1H3,(H,66,78)(H,67,88)(H,69,79)(H,82,83)(H,84,85)(H,86,87)/b64-37?,68-19-/t46-,51-/m1/s1. The number of aryl methyl sites for hydroxylation is 1. The number of amides is 5. The second-order valence-corrected chi connectivity index (χ2v) is 23.7. The third-order valence-corrected chi connectivity index (χ3v) is 16.2. The molecule has 7 N–H and O–H groups in total. The normalized spacial score (nSPS) is 18.1. The number of benzene rings is 2. The number of piperazine rings is 1. The van der Waals surface area contributed by atoms with E-state index in [1.807, 2.05) is 21.9 Å². The van der Waals surface area contributed by atoms with Crippen LogP contribution in [0.3, 0.4) is 0 Å². The van der Waals surface area contributed by atoms with E-state index in [4.69, 9.17) is 4.74 Å². The van der Waals surface area contributed by atoms with Crippen LogP contribution in [0, 0.1) is 3.57 Å². The Morgan fingerprint density at radius 2 is 1.35 bits per heavy atom. The first-order valence-corrected chi connectivity index (χ1v) is 31.3. The van der Waals surface area contributed by atoms with E-state index in [9.17, 15) is 62.5 Å². The van der Waals surface area contributed by atoms with Crippen LogP contribution in [0.2, 0.25) is 0 Å². The Kier molecular flexibility index (Phi) is 29.7. The largest absolute Gasteiger partial charge is 0.494 e. The van der Waals surface area contributed by atoms with Gasteiger partial charge in [0.05, 0.1) is 63.0 Å². The number of aliphatic imine (C=N–C) groups is 1. The van der Waals surface area contributed by atoms with Gasteiger partial charge in [0.1, 0.15) is 11.9 Å². The SMILES string of the molecule is CN=C[C@H]1CC(F)(F)CN1C(=O)CNC(=O)c1ccnc2ccc(OCCCN3CCN(C(=O)CC/C=N\N[C@H](CCCCNC(=O)CCCc4ccc(I)cc4)NC(=O)CN4CCN(CC(=O)O)CCN(CC(=O)O)CCN(CC(=O)O)CC4)CC3)cc12. The molecule has 0 saturated carbocycles. The Balaban J connectivity index is 0.950. The van der Waals surface area contributed by atoms with Crippen LogP contribution in [0.5, 0.6) is 5.75 Å². The van der Waals surface area contributed by atoms with E-state index in [0.717, 1.165) is 21.4 Å². The van der Waals surface area contributed by atoms with Crippen molar-refractivity contribution >= 4 is 93.4 Å². The number of aromatic nitrogens is 1. The van der Waals surface area contributed by atoms with Gasteiger partial charge in [0.25, 0.3) is 11.8 Å². The molecule has 3 saturated heterocycles. The zero-order valence-corrected chi connectivity index (χ0v) is 52.7. The van der Waals surface area contributed by atoms with Crippen LogP contribution in [0.4, 0.5) is 8.78 Å². The van der Waals surface area contributed by atoms with E-state index in [-0.39, 0.29) is 108 Å². The maximum atomic E-state index is 14.1. The van der Waals surface area contributed by atoms with Gasteiger partial charge in [-0.15, -0.1) is 0 Å². The number of aliphatic carboxylic acids is 3. The number of pyridine rings is 1. The highest BCUT2D eigenvalue weighted by atomic mass is 127. The molecule has 0 aliphatic carbocycles. The molecule has 4 heterocycles. The molecule has 1 aromatic heterocycles. The summed E-state index contributed by atoms with van der Waals surface area (Å²) in [6.07, 6.45) is 8.00. The molecule has 488 valence electrons. The highest BCUT2D eigenvalue weighted by Gasteiger charge is 2.46. The second-order valence-electron chi connectivity index (χ2n) is 22.4. The average Bonchev–Trinajstić information content (AvgIpc) is 3.84. The van der Waals surface area contributed by atoms with Crippen LogP contribution < -0.4 is 26.1 Å². The molecule has 0 unspecified atom stereocenters. The number of rotatable bonds is 32.